The summed E-state index contributed by atoms with van der Waals surface area (Å²) >= 11 is 0. The molecule has 1 N–H and O–H groups in total. The highest BCUT2D eigenvalue weighted by molar-refractivity contribution is 5.91. The molecule has 156 valence electrons. The van der Waals surface area contributed by atoms with Crippen molar-refractivity contribution in [1.82, 2.24) is 10.2 Å². The molecular formula is C25H34N2O2. The molecule has 1 aromatic carbocycles. The third-order valence-corrected chi connectivity index (χ3v) is 8.26. The van der Waals surface area contributed by atoms with Crippen LogP contribution in [0.15, 0.2) is 30.3 Å². The summed E-state index contributed by atoms with van der Waals surface area (Å²) in [5, 5.41) is 3.15. The minimum atomic E-state index is -0.265. The molecule has 2 unspecified atom stereocenters. The van der Waals surface area contributed by atoms with Crippen LogP contribution in [-0.4, -0.2) is 35.8 Å². The first kappa shape index (κ1) is 19.1. The molecule has 5 fully saturated rings. The van der Waals surface area contributed by atoms with Crippen LogP contribution in [0.3, 0.4) is 0 Å². The molecule has 1 heterocycles. The van der Waals surface area contributed by atoms with Crippen molar-refractivity contribution >= 4 is 11.8 Å². The second-order valence-electron chi connectivity index (χ2n) is 10.4. The number of nitrogens with one attached hydrogen (secondary N) is 1. The summed E-state index contributed by atoms with van der Waals surface area (Å²) in [5.74, 6) is 2.90. The number of hydrogen-bond acceptors (Lipinski definition) is 2. The Morgan fingerprint density at radius 3 is 2.31 bits per heavy atom. The highest BCUT2D eigenvalue weighted by Crippen LogP contribution is 2.60. The van der Waals surface area contributed by atoms with Crippen molar-refractivity contribution < 1.29 is 9.59 Å². The van der Waals surface area contributed by atoms with E-state index in [4.69, 9.17) is 0 Å². The highest BCUT2D eigenvalue weighted by atomic mass is 16.2. The lowest BCUT2D eigenvalue weighted by atomic mass is 9.49. The Morgan fingerprint density at radius 1 is 1.07 bits per heavy atom. The second-order valence-corrected chi connectivity index (χ2v) is 10.4. The van der Waals surface area contributed by atoms with Crippen LogP contribution in [0.1, 0.15) is 69.8 Å². The Hall–Kier alpha value is -1.84. The van der Waals surface area contributed by atoms with Gasteiger partial charge in [-0.05, 0) is 80.6 Å². The minimum Gasteiger partial charge on any atom is -0.354 e. The number of benzene rings is 1. The van der Waals surface area contributed by atoms with E-state index in [1.165, 1.54) is 24.8 Å². The minimum absolute atomic E-state index is 0.0448. The van der Waals surface area contributed by atoms with Gasteiger partial charge in [0.05, 0.1) is 5.41 Å². The molecular weight excluding hydrogens is 360 g/mol. The summed E-state index contributed by atoms with van der Waals surface area (Å²) in [6, 6.07) is 10.0. The summed E-state index contributed by atoms with van der Waals surface area (Å²) in [6.07, 6.45) is 9.01. The Bertz CT molecular complexity index is 739. The maximum atomic E-state index is 13.7. The fourth-order valence-electron chi connectivity index (χ4n) is 7.23. The van der Waals surface area contributed by atoms with Crippen molar-refractivity contribution in [2.45, 2.75) is 70.3 Å². The van der Waals surface area contributed by atoms with Gasteiger partial charge in [-0.1, -0.05) is 37.3 Å². The normalized spacial score (nSPS) is 36.2. The largest absolute Gasteiger partial charge is 0.354 e. The zero-order valence-corrected chi connectivity index (χ0v) is 17.6. The molecule has 4 bridgehead atoms. The van der Waals surface area contributed by atoms with E-state index in [2.05, 4.69) is 24.4 Å². The van der Waals surface area contributed by atoms with Crippen LogP contribution in [0.4, 0.5) is 0 Å². The van der Waals surface area contributed by atoms with E-state index in [1.54, 1.807) is 0 Å². The molecule has 5 aliphatic rings. The first-order chi connectivity index (χ1) is 14.0. The van der Waals surface area contributed by atoms with E-state index < -0.39 is 0 Å². The zero-order valence-electron chi connectivity index (χ0n) is 17.6. The van der Waals surface area contributed by atoms with Gasteiger partial charge >= 0.3 is 0 Å². The SMILES string of the molecule is CC(CNC(=O)C1CCCN1C(=O)C12CC3CC(CC(C3)C1)C2)c1ccccc1. The first-order valence-corrected chi connectivity index (χ1v) is 11.7. The summed E-state index contributed by atoms with van der Waals surface area (Å²) in [6.45, 7) is 3.52. The third-order valence-electron chi connectivity index (χ3n) is 8.26. The van der Waals surface area contributed by atoms with Crippen LogP contribution in [-0.2, 0) is 9.59 Å². The monoisotopic (exact) mass is 394 g/mol. The molecule has 29 heavy (non-hydrogen) atoms. The van der Waals surface area contributed by atoms with Crippen molar-refractivity contribution in [2.75, 3.05) is 13.1 Å². The fraction of sp³-hybridized carbons (Fsp3) is 0.680. The van der Waals surface area contributed by atoms with E-state index in [1.807, 2.05) is 23.1 Å². The lowest BCUT2D eigenvalue weighted by Crippen LogP contribution is -2.57. The molecule has 1 aromatic rings. The first-order valence-electron chi connectivity index (χ1n) is 11.7. The predicted molar refractivity (Wildman–Crippen MR) is 113 cm³/mol. The summed E-state index contributed by atoms with van der Waals surface area (Å²) in [5.41, 5.74) is 1.09. The van der Waals surface area contributed by atoms with Gasteiger partial charge in [0, 0.05) is 13.1 Å². The van der Waals surface area contributed by atoms with Crippen LogP contribution in [0, 0.1) is 23.2 Å². The van der Waals surface area contributed by atoms with Gasteiger partial charge in [0.2, 0.25) is 11.8 Å². The summed E-state index contributed by atoms with van der Waals surface area (Å²) < 4.78 is 0. The van der Waals surface area contributed by atoms with Crippen LogP contribution in [0.5, 0.6) is 0 Å². The van der Waals surface area contributed by atoms with Crippen LogP contribution < -0.4 is 5.32 Å². The number of rotatable bonds is 5. The smallest absolute Gasteiger partial charge is 0.242 e. The number of carbonyl (C=O) groups is 2. The van der Waals surface area contributed by atoms with Crippen molar-refractivity contribution in [1.29, 1.82) is 0 Å². The number of likely N-dealkylation sites (tertiary alicyclic amines) is 1. The third kappa shape index (κ3) is 3.49. The van der Waals surface area contributed by atoms with Gasteiger partial charge in [-0.25, -0.2) is 0 Å². The van der Waals surface area contributed by atoms with Crippen molar-refractivity contribution in [3.8, 4) is 0 Å². The van der Waals surface area contributed by atoms with Crippen LogP contribution in [0.25, 0.3) is 0 Å². The Kier molecular flexibility index (Phi) is 4.92. The highest BCUT2D eigenvalue weighted by Gasteiger charge is 2.56. The molecule has 2 amide bonds. The number of nitrogens with zero attached hydrogens (tertiary/aromatic N) is 1. The molecule has 4 saturated carbocycles. The van der Waals surface area contributed by atoms with Gasteiger partial charge in [0.1, 0.15) is 6.04 Å². The Balaban J connectivity index is 1.24. The molecule has 1 aliphatic heterocycles. The maximum absolute atomic E-state index is 13.7. The van der Waals surface area contributed by atoms with E-state index in [9.17, 15) is 9.59 Å². The fourth-order valence-corrected chi connectivity index (χ4v) is 7.23. The average Bonchev–Trinajstić information content (AvgIpc) is 3.20. The quantitative estimate of drug-likeness (QED) is 0.817. The van der Waals surface area contributed by atoms with Gasteiger partial charge in [0.25, 0.3) is 0 Å². The second kappa shape index (κ2) is 7.45. The Morgan fingerprint density at radius 2 is 1.69 bits per heavy atom. The zero-order chi connectivity index (χ0) is 20.0. The number of amides is 2. The molecule has 4 aliphatic carbocycles. The van der Waals surface area contributed by atoms with E-state index in [0.29, 0.717) is 12.5 Å². The summed E-state index contributed by atoms with van der Waals surface area (Å²) in [4.78, 5) is 28.7. The standard InChI is InChI=1S/C25H34N2O2/c1-17(21-6-3-2-4-7-21)16-26-23(28)22-8-5-9-27(22)24(29)25-13-18-10-19(14-25)12-20(11-18)15-25/h2-4,6-7,17-20,22H,5,8-16H2,1H3,(H,26,28). The predicted octanol–water partition coefficient (Wildman–Crippen LogP) is 4.11. The van der Waals surface area contributed by atoms with Crippen LogP contribution >= 0.6 is 0 Å². The Labute approximate surface area is 174 Å². The molecule has 4 nitrogen and oxygen atoms in total. The van der Waals surface area contributed by atoms with Gasteiger partial charge in [-0.3, -0.25) is 9.59 Å². The average molecular weight is 395 g/mol. The van der Waals surface area contributed by atoms with Crippen molar-refractivity contribution in [3.63, 3.8) is 0 Å². The number of hydrogen-bond donors (Lipinski definition) is 1. The van der Waals surface area contributed by atoms with Gasteiger partial charge in [-0.15, -0.1) is 0 Å². The van der Waals surface area contributed by atoms with Gasteiger partial charge < -0.3 is 10.2 Å². The molecule has 4 heteroatoms. The molecule has 1 saturated heterocycles. The molecule has 0 spiro atoms. The van der Waals surface area contributed by atoms with Crippen molar-refractivity contribution in [2.24, 2.45) is 23.2 Å². The maximum Gasteiger partial charge on any atom is 0.242 e. The topological polar surface area (TPSA) is 49.4 Å². The number of carbonyl (C=O) groups excluding carboxylic acids is 2. The van der Waals surface area contributed by atoms with Gasteiger partial charge in [0.15, 0.2) is 0 Å². The van der Waals surface area contributed by atoms with Crippen LogP contribution in [0.2, 0.25) is 0 Å². The van der Waals surface area contributed by atoms with E-state index >= 15 is 0 Å². The lowest BCUT2D eigenvalue weighted by Gasteiger charge is -2.56. The van der Waals surface area contributed by atoms with E-state index in [0.717, 1.165) is 56.4 Å². The van der Waals surface area contributed by atoms with Gasteiger partial charge in [-0.2, -0.15) is 0 Å². The molecule has 0 aromatic heterocycles. The molecule has 6 rings (SSSR count). The van der Waals surface area contributed by atoms with Crippen molar-refractivity contribution in [3.05, 3.63) is 35.9 Å². The van der Waals surface area contributed by atoms with E-state index in [-0.39, 0.29) is 23.3 Å². The summed E-state index contributed by atoms with van der Waals surface area (Å²) in [7, 11) is 0. The molecule has 2 atom stereocenters. The lowest BCUT2D eigenvalue weighted by molar-refractivity contribution is -0.160. The molecule has 0 radical (unpaired) electrons.